The number of fused-ring (bicyclic) bond motifs is 1. The lowest BCUT2D eigenvalue weighted by Gasteiger charge is -2.05. The first-order valence-corrected chi connectivity index (χ1v) is 6.21. The minimum Gasteiger partial charge on any atom is -0.478 e. The van der Waals surface area contributed by atoms with Crippen molar-refractivity contribution in [2.45, 2.75) is 6.54 Å². The molecule has 0 saturated carbocycles. The average Bonchev–Trinajstić information content (AvgIpc) is 2.81. The third kappa shape index (κ3) is 2.16. The molecule has 2 aromatic carbocycles. The molecule has 1 N–H and O–H groups in total. The molecular formula is C16H12FNO2. The maximum absolute atomic E-state index is 12.9. The minimum absolute atomic E-state index is 0.280. The molecule has 4 heteroatoms. The molecule has 0 aliphatic heterocycles. The van der Waals surface area contributed by atoms with Gasteiger partial charge >= 0.3 is 5.97 Å². The van der Waals surface area contributed by atoms with Crippen molar-refractivity contribution in [2.75, 3.05) is 0 Å². The van der Waals surface area contributed by atoms with Crippen LogP contribution in [-0.4, -0.2) is 15.6 Å². The van der Waals surface area contributed by atoms with Gasteiger partial charge in [0.15, 0.2) is 0 Å². The van der Waals surface area contributed by atoms with E-state index in [4.69, 9.17) is 0 Å². The van der Waals surface area contributed by atoms with E-state index in [1.54, 1.807) is 24.4 Å². The molecule has 3 nitrogen and oxygen atoms in total. The predicted molar refractivity (Wildman–Crippen MR) is 74.4 cm³/mol. The summed E-state index contributed by atoms with van der Waals surface area (Å²) in [5.74, 6) is -1.23. The van der Waals surface area contributed by atoms with Crippen molar-refractivity contribution in [1.82, 2.24) is 4.57 Å². The third-order valence-electron chi connectivity index (χ3n) is 3.29. The Labute approximate surface area is 114 Å². The van der Waals surface area contributed by atoms with E-state index in [0.29, 0.717) is 11.9 Å². The van der Waals surface area contributed by atoms with Gasteiger partial charge in [-0.1, -0.05) is 30.3 Å². The second-order valence-corrected chi connectivity index (χ2v) is 4.62. The number of halogens is 1. The lowest BCUT2D eigenvalue weighted by atomic mass is 10.2. The number of carboxylic acids is 1. The molecule has 0 unspecified atom stereocenters. The molecule has 0 atom stereocenters. The highest BCUT2D eigenvalue weighted by Gasteiger charge is 2.13. The van der Waals surface area contributed by atoms with Crippen molar-refractivity contribution in [3.8, 4) is 0 Å². The highest BCUT2D eigenvalue weighted by Crippen LogP contribution is 2.22. The first-order valence-electron chi connectivity index (χ1n) is 6.21. The summed E-state index contributed by atoms with van der Waals surface area (Å²) >= 11 is 0. The molecule has 0 amide bonds. The van der Waals surface area contributed by atoms with Crippen LogP contribution < -0.4 is 0 Å². The number of carboxylic acid groups (broad SMARTS) is 1. The Hall–Kier alpha value is -2.62. The summed E-state index contributed by atoms with van der Waals surface area (Å²) < 4.78 is 14.8. The quantitative estimate of drug-likeness (QED) is 0.790. The van der Waals surface area contributed by atoms with E-state index in [9.17, 15) is 14.3 Å². The molecule has 0 radical (unpaired) electrons. The molecule has 0 aliphatic carbocycles. The summed E-state index contributed by atoms with van der Waals surface area (Å²) in [6.07, 6.45) is 1.62. The van der Waals surface area contributed by atoms with Crippen molar-refractivity contribution in [2.24, 2.45) is 0 Å². The Morgan fingerprint density at radius 2 is 1.80 bits per heavy atom. The van der Waals surface area contributed by atoms with Crippen molar-refractivity contribution < 1.29 is 14.3 Å². The molecule has 0 fully saturated rings. The zero-order chi connectivity index (χ0) is 14.1. The van der Waals surface area contributed by atoms with Crippen LogP contribution in [0.3, 0.4) is 0 Å². The van der Waals surface area contributed by atoms with Gasteiger partial charge in [0.1, 0.15) is 5.82 Å². The fourth-order valence-corrected chi connectivity index (χ4v) is 2.33. The number of hydrogen-bond donors (Lipinski definition) is 1. The van der Waals surface area contributed by atoms with Crippen LogP contribution in [0.5, 0.6) is 0 Å². The van der Waals surface area contributed by atoms with Gasteiger partial charge in [0, 0.05) is 23.6 Å². The number of aromatic carboxylic acids is 1. The summed E-state index contributed by atoms with van der Waals surface area (Å²) in [5.41, 5.74) is 2.06. The molecule has 0 aliphatic rings. The first kappa shape index (κ1) is 12.4. The van der Waals surface area contributed by atoms with E-state index in [1.807, 2.05) is 22.8 Å². The predicted octanol–water partition coefficient (Wildman–Crippen LogP) is 3.53. The first-order chi connectivity index (χ1) is 9.65. The van der Waals surface area contributed by atoms with Gasteiger partial charge in [-0.2, -0.15) is 0 Å². The topological polar surface area (TPSA) is 42.2 Å². The lowest BCUT2D eigenvalue weighted by Crippen LogP contribution is -1.98. The lowest BCUT2D eigenvalue weighted by molar-refractivity contribution is 0.0699. The van der Waals surface area contributed by atoms with E-state index in [2.05, 4.69) is 0 Å². The Bertz CT molecular complexity index is 775. The molecule has 0 bridgehead atoms. The van der Waals surface area contributed by atoms with Gasteiger partial charge in [-0.05, 0) is 23.8 Å². The molecule has 0 spiro atoms. The Morgan fingerprint density at radius 1 is 1.10 bits per heavy atom. The second-order valence-electron chi connectivity index (χ2n) is 4.62. The van der Waals surface area contributed by atoms with Crippen molar-refractivity contribution in [1.29, 1.82) is 0 Å². The standard InChI is InChI=1S/C16H12FNO2/c17-12-7-5-11(6-8-12)9-18-10-14(16(19)20)13-3-1-2-4-15(13)18/h1-8,10H,9H2,(H,19,20). The van der Waals surface area contributed by atoms with E-state index in [1.165, 1.54) is 12.1 Å². The number of rotatable bonds is 3. The fraction of sp³-hybridized carbons (Fsp3) is 0.0625. The highest BCUT2D eigenvalue weighted by molar-refractivity contribution is 6.03. The summed E-state index contributed by atoms with van der Waals surface area (Å²) in [6, 6.07) is 13.6. The zero-order valence-electron chi connectivity index (χ0n) is 10.6. The summed E-state index contributed by atoms with van der Waals surface area (Å²) in [6.45, 7) is 0.508. The van der Waals surface area contributed by atoms with Crippen LogP contribution in [-0.2, 0) is 6.54 Å². The Morgan fingerprint density at radius 3 is 2.50 bits per heavy atom. The number of para-hydroxylation sites is 1. The molecule has 3 aromatic rings. The molecule has 3 rings (SSSR count). The fourth-order valence-electron chi connectivity index (χ4n) is 2.33. The number of aromatic nitrogens is 1. The number of benzene rings is 2. The van der Waals surface area contributed by atoms with Crippen LogP contribution in [0.25, 0.3) is 10.9 Å². The number of nitrogens with zero attached hydrogens (tertiary/aromatic N) is 1. The van der Waals surface area contributed by atoms with Crippen LogP contribution >= 0.6 is 0 Å². The summed E-state index contributed by atoms with van der Waals surface area (Å²) in [4.78, 5) is 11.3. The van der Waals surface area contributed by atoms with Crippen molar-refractivity contribution >= 4 is 16.9 Å². The van der Waals surface area contributed by atoms with Crippen LogP contribution in [0.1, 0.15) is 15.9 Å². The van der Waals surface area contributed by atoms with Gasteiger partial charge < -0.3 is 9.67 Å². The van der Waals surface area contributed by atoms with Crippen LogP contribution in [0, 0.1) is 5.82 Å². The van der Waals surface area contributed by atoms with Gasteiger partial charge in [0.2, 0.25) is 0 Å². The monoisotopic (exact) mass is 269 g/mol. The van der Waals surface area contributed by atoms with E-state index in [0.717, 1.165) is 11.1 Å². The van der Waals surface area contributed by atoms with Crippen LogP contribution in [0.2, 0.25) is 0 Å². The molecule has 1 heterocycles. The summed E-state index contributed by atoms with van der Waals surface area (Å²) in [5, 5.41) is 9.95. The minimum atomic E-state index is -0.945. The number of hydrogen-bond acceptors (Lipinski definition) is 1. The van der Waals surface area contributed by atoms with E-state index >= 15 is 0 Å². The third-order valence-corrected chi connectivity index (χ3v) is 3.29. The number of carbonyl (C=O) groups is 1. The SMILES string of the molecule is O=C(O)c1cn(Cc2ccc(F)cc2)c2ccccc12. The van der Waals surface area contributed by atoms with E-state index < -0.39 is 5.97 Å². The van der Waals surface area contributed by atoms with Crippen LogP contribution in [0.15, 0.2) is 54.7 Å². The van der Waals surface area contributed by atoms with E-state index in [-0.39, 0.29) is 11.4 Å². The van der Waals surface area contributed by atoms with Crippen molar-refractivity contribution in [3.05, 3.63) is 71.7 Å². The van der Waals surface area contributed by atoms with Crippen molar-refractivity contribution in [3.63, 3.8) is 0 Å². The average molecular weight is 269 g/mol. The van der Waals surface area contributed by atoms with Gasteiger partial charge in [-0.15, -0.1) is 0 Å². The molecule has 20 heavy (non-hydrogen) atoms. The van der Waals surface area contributed by atoms with Crippen LogP contribution in [0.4, 0.5) is 4.39 Å². The zero-order valence-corrected chi connectivity index (χ0v) is 10.6. The van der Waals surface area contributed by atoms with Gasteiger partial charge in [0.05, 0.1) is 5.56 Å². The molecule has 1 aromatic heterocycles. The largest absolute Gasteiger partial charge is 0.478 e. The highest BCUT2D eigenvalue weighted by atomic mass is 19.1. The maximum Gasteiger partial charge on any atom is 0.337 e. The molecule has 100 valence electrons. The van der Waals surface area contributed by atoms with Gasteiger partial charge in [-0.3, -0.25) is 0 Å². The smallest absolute Gasteiger partial charge is 0.337 e. The Balaban J connectivity index is 2.07. The van der Waals surface area contributed by atoms with Gasteiger partial charge in [0.25, 0.3) is 0 Å². The summed E-state index contributed by atoms with van der Waals surface area (Å²) in [7, 11) is 0. The second kappa shape index (κ2) is 4.81. The molecule has 0 saturated heterocycles. The maximum atomic E-state index is 12.9. The van der Waals surface area contributed by atoms with Gasteiger partial charge in [-0.25, -0.2) is 9.18 Å². The Kier molecular flexibility index (Phi) is 2.99. The normalized spacial score (nSPS) is 10.8. The molecular weight excluding hydrogens is 257 g/mol.